The van der Waals surface area contributed by atoms with Crippen molar-refractivity contribution >= 4 is 28.3 Å². The summed E-state index contributed by atoms with van der Waals surface area (Å²) in [7, 11) is 1.52. The zero-order valence-electron chi connectivity index (χ0n) is 16.5. The SMILES string of the molecule is COC[C@@](C)(N=[N+]=[N-])c1cnc(OC2CN(C(=O)[C@H]3C[C@H]3F)C2)c2cnc(Cl)cc12. The molecule has 1 aliphatic carbocycles. The van der Waals surface area contributed by atoms with Gasteiger partial charge in [-0.25, -0.2) is 14.4 Å². The van der Waals surface area contributed by atoms with E-state index in [4.69, 9.17) is 26.6 Å². The van der Waals surface area contributed by atoms with Crippen LogP contribution in [0, 0.1) is 5.92 Å². The predicted molar refractivity (Wildman–Crippen MR) is 107 cm³/mol. The zero-order chi connectivity index (χ0) is 21.5. The molecule has 1 amide bonds. The van der Waals surface area contributed by atoms with E-state index in [1.54, 1.807) is 30.3 Å². The van der Waals surface area contributed by atoms with Crippen molar-refractivity contribution in [2.24, 2.45) is 11.0 Å². The second kappa shape index (κ2) is 7.86. The van der Waals surface area contributed by atoms with Gasteiger partial charge in [-0.15, -0.1) is 0 Å². The van der Waals surface area contributed by atoms with Crippen molar-refractivity contribution in [2.45, 2.75) is 31.2 Å². The number of likely N-dealkylation sites (tertiary alicyclic amines) is 1. The fourth-order valence-corrected chi connectivity index (χ4v) is 3.81. The maximum atomic E-state index is 13.1. The minimum atomic E-state index is -1.01. The van der Waals surface area contributed by atoms with Gasteiger partial charge < -0.3 is 14.4 Å². The third-order valence-corrected chi connectivity index (χ3v) is 5.65. The number of hydrogen-bond acceptors (Lipinski definition) is 6. The summed E-state index contributed by atoms with van der Waals surface area (Å²) >= 11 is 6.11. The van der Waals surface area contributed by atoms with Crippen LogP contribution in [0.3, 0.4) is 0 Å². The molecule has 1 saturated carbocycles. The lowest BCUT2D eigenvalue weighted by Gasteiger charge is -2.39. The van der Waals surface area contributed by atoms with E-state index in [2.05, 4.69) is 20.0 Å². The Morgan fingerprint density at radius 2 is 2.17 bits per heavy atom. The Hall–Kier alpha value is -2.68. The Balaban J connectivity index is 1.60. The fraction of sp³-hybridized carbons (Fsp3) is 0.526. The first-order valence-corrected chi connectivity index (χ1v) is 9.83. The molecule has 1 saturated heterocycles. The normalized spacial score (nSPS) is 22.7. The Morgan fingerprint density at radius 1 is 1.43 bits per heavy atom. The van der Waals surface area contributed by atoms with Crippen LogP contribution in [0.2, 0.25) is 5.15 Å². The summed E-state index contributed by atoms with van der Waals surface area (Å²) in [6.07, 6.45) is 2.18. The van der Waals surface area contributed by atoms with Gasteiger partial charge in [-0.05, 0) is 35.9 Å². The molecular weight excluding hydrogens is 415 g/mol. The third kappa shape index (κ3) is 3.74. The van der Waals surface area contributed by atoms with Crippen molar-refractivity contribution in [3.05, 3.63) is 39.6 Å². The molecule has 4 rings (SSSR count). The number of aromatic nitrogens is 2. The van der Waals surface area contributed by atoms with Crippen molar-refractivity contribution in [3.63, 3.8) is 0 Å². The molecule has 1 aliphatic heterocycles. The van der Waals surface area contributed by atoms with Crippen LogP contribution in [0.25, 0.3) is 21.2 Å². The molecular formula is C19H20ClFN6O3. The molecule has 2 aromatic heterocycles. The average molecular weight is 435 g/mol. The summed E-state index contributed by atoms with van der Waals surface area (Å²) in [4.78, 5) is 25.1. The van der Waals surface area contributed by atoms with Crippen LogP contribution >= 0.6 is 11.6 Å². The summed E-state index contributed by atoms with van der Waals surface area (Å²) in [6.45, 7) is 2.65. The van der Waals surface area contributed by atoms with E-state index < -0.39 is 17.6 Å². The summed E-state index contributed by atoms with van der Waals surface area (Å²) in [5.41, 5.74) is 8.64. The van der Waals surface area contributed by atoms with Gasteiger partial charge in [0.15, 0.2) is 0 Å². The number of pyridine rings is 2. The van der Waals surface area contributed by atoms with Crippen LogP contribution in [0.4, 0.5) is 4.39 Å². The highest BCUT2D eigenvalue weighted by Gasteiger charge is 2.48. The van der Waals surface area contributed by atoms with Gasteiger partial charge in [-0.3, -0.25) is 4.79 Å². The maximum absolute atomic E-state index is 13.1. The minimum Gasteiger partial charge on any atom is -0.470 e. The first-order chi connectivity index (χ1) is 14.4. The number of nitrogens with zero attached hydrogens (tertiary/aromatic N) is 6. The van der Waals surface area contributed by atoms with Gasteiger partial charge in [-0.2, -0.15) is 0 Å². The number of amides is 1. The molecule has 9 nitrogen and oxygen atoms in total. The third-order valence-electron chi connectivity index (χ3n) is 5.44. The van der Waals surface area contributed by atoms with Crippen LogP contribution in [0.5, 0.6) is 5.88 Å². The van der Waals surface area contributed by atoms with E-state index in [1.165, 1.54) is 7.11 Å². The lowest BCUT2D eigenvalue weighted by molar-refractivity contribution is -0.141. The number of methoxy groups -OCH3 is 1. The fourth-order valence-electron chi connectivity index (χ4n) is 3.65. The number of ether oxygens (including phenoxy) is 2. The highest BCUT2D eigenvalue weighted by atomic mass is 35.5. The standard InChI is InChI=1S/C19H20ClFN6O3/c1-19(9-29-2,25-26-22)14-6-24-17(13-5-23-16(20)4-11(13)14)30-10-7-27(8-10)18(28)12-3-15(12)21/h4-6,10,12,15H,3,7-9H2,1-2H3/t12-,15+,19+/m0/s1. The molecule has 158 valence electrons. The van der Waals surface area contributed by atoms with Crippen molar-refractivity contribution in [1.29, 1.82) is 0 Å². The van der Waals surface area contributed by atoms with E-state index in [0.29, 0.717) is 41.7 Å². The first-order valence-electron chi connectivity index (χ1n) is 9.45. The smallest absolute Gasteiger partial charge is 0.228 e. The molecule has 0 radical (unpaired) electrons. The van der Waals surface area contributed by atoms with Crippen LogP contribution in [0.15, 0.2) is 23.6 Å². The van der Waals surface area contributed by atoms with E-state index in [9.17, 15) is 9.18 Å². The molecule has 3 atom stereocenters. The molecule has 11 heteroatoms. The quantitative estimate of drug-likeness (QED) is 0.287. The number of azide groups is 1. The minimum absolute atomic E-state index is 0.143. The second-order valence-corrected chi connectivity index (χ2v) is 8.15. The second-order valence-electron chi connectivity index (χ2n) is 7.77. The molecule has 0 aromatic carbocycles. The van der Waals surface area contributed by atoms with Gasteiger partial charge in [0.25, 0.3) is 0 Å². The topological polar surface area (TPSA) is 113 Å². The largest absolute Gasteiger partial charge is 0.470 e. The Labute approximate surface area is 176 Å². The molecule has 2 aliphatic rings. The number of halogens is 2. The van der Waals surface area contributed by atoms with Crippen LogP contribution in [-0.4, -0.2) is 59.9 Å². The molecule has 0 spiro atoms. The highest BCUT2D eigenvalue weighted by Crippen LogP contribution is 2.38. The number of fused-ring (bicyclic) bond motifs is 1. The Morgan fingerprint density at radius 3 is 2.80 bits per heavy atom. The van der Waals surface area contributed by atoms with Gasteiger partial charge in [-0.1, -0.05) is 16.7 Å². The number of hydrogen-bond donors (Lipinski definition) is 0. The van der Waals surface area contributed by atoms with Crippen molar-refractivity contribution in [3.8, 4) is 5.88 Å². The van der Waals surface area contributed by atoms with Crippen LogP contribution in [-0.2, 0) is 15.1 Å². The first kappa shape index (κ1) is 20.6. The lowest BCUT2D eigenvalue weighted by Crippen LogP contribution is -2.56. The van der Waals surface area contributed by atoms with Gasteiger partial charge >= 0.3 is 0 Å². The number of carbonyl (C=O) groups excluding carboxylic acids is 1. The summed E-state index contributed by atoms with van der Waals surface area (Å²) in [5, 5.41) is 5.46. The molecule has 0 N–H and O–H groups in total. The van der Waals surface area contributed by atoms with Gasteiger partial charge in [0.05, 0.1) is 36.5 Å². The van der Waals surface area contributed by atoms with Crippen LogP contribution in [0.1, 0.15) is 18.9 Å². The molecule has 30 heavy (non-hydrogen) atoms. The van der Waals surface area contributed by atoms with E-state index >= 15 is 0 Å². The maximum Gasteiger partial charge on any atom is 0.228 e. The highest BCUT2D eigenvalue weighted by molar-refractivity contribution is 6.30. The molecule has 0 unspecified atom stereocenters. The number of alkyl halides is 1. The zero-order valence-corrected chi connectivity index (χ0v) is 17.2. The van der Waals surface area contributed by atoms with Gasteiger partial charge in [0.1, 0.15) is 17.4 Å². The lowest BCUT2D eigenvalue weighted by atomic mass is 9.91. The predicted octanol–water partition coefficient (Wildman–Crippen LogP) is 3.40. The monoisotopic (exact) mass is 434 g/mol. The summed E-state index contributed by atoms with van der Waals surface area (Å²) < 4.78 is 24.3. The van der Waals surface area contributed by atoms with Gasteiger partial charge in [0.2, 0.25) is 11.8 Å². The average Bonchev–Trinajstić information content (AvgIpc) is 3.40. The summed E-state index contributed by atoms with van der Waals surface area (Å²) in [6, 6.07) is 1.66. The van der Waals surface area contributed by atoms with Crippen molar-refractivity contribution < 1.29 is 18.7 Å². The Kier molecular flexibility index (Phi) is 5.40. The van der Waals surface area contributed by atoms with Crippen molar-refractivity contribution in [2.75, 3.05) is 26.8 Å². The molecule has 2 fully saturated rings. The molecule has 3 heterocycles. The molecule has 2 aromatic rings. The van der Waals surface area contributed by atoms with Crippen molar-refractivity contribution in [1.82, 2.24) is 14.9 Å². The van der Waals surface area contributed by atoms with Crippen LogP contribution < -0.4 is 4.74 Å². The number of carbonyl (C=O) groups is 1. The number of rotatable bonds is 7. The summed E-state index contributed by atoms with van der Waals surface area (Å²) in [5.74, 6) is -0.311. The van der Waals surface area contributed by atoms with E-state index in [-0.39, 0.29) is 23.8 Å². The molecule has 0 bridgehead atoms. The van der Waals surface area contributed by atoms with E-state index in [1.807, 2.05) is 0 Å². The van der Waals surface area contributed by atoms with Gasteiger partial charge in [0, 0.05) is 24.4 Å². The van der Waals surface area contributed by atoms with E-state index in [0.717, 1.165) is 0 Å². The Bertz CT molecular complexity index is 1040.